The van der Waals surface area contributed by atoms with E-state index in [4.69, 9.17) is 16.3 Å². The largest absolute Gasteiger partial charge is 0.502 e. The van der Waals surface area contributed by atoms with Gasteiger partial charge < -0.3 is 4.74 Å². The quantitative estimate of drug-likeness (QED) is 0.339. The van der Waals surface area contributed by atoms with E-state index in [1.54, 1.807) is 0 Å². The van der Waals surface area contributed by atoms with E-state index in [2.05, 4.69) is 6.58 Å². The monoisotopic (exact) mass is 176 g/mol. The Morgan fingerprint density at radius 2 is 2.18 bits per heavy atom. The molecule has 0 aliphatic rings. The summed E-state index contributed by atoms with van der Waals surface area (Å²) < 4.78 is 4.89. The molecule has 0 heterocycles. The molecule has 0 N–H and O–H groups in total. The van der Waals surface area contributed by atoms with Gasteiger partial charge in [0, 0.05) is 6.42 Å². The van der Waals surface area contributed by atoms with Gasteiger partial charge in [-0.25, -0.2) is 0 Å². The van der Waals surface area contributed by atoms with E-state index < -0.39 is 0 Å². The van der Waals surface area contributed by atoms with Crippen molar-refractivity contribution in [2.75, 3.05) is 6.61 Å². The number of hydrogen-bond donors (Lipinski definition) is 0. The van der Waals surface area contributed by atoms with Crippen LogP contribution in [0.1, 0.15) is 25.7 Å². The van der Waals surface area contributed by atoms with E-state index >= 15 is 0 Å². The molecule has 0 rings (SSSR count). The van der Waals surface area contributed by atoms with Crippen LogP contribution in [0.5, 0.6) is 0 Å². The lowest BCUT2D eigenvalue weighted by molar-refractivity contribution is -0.111. The molecule has 0 atom stereocenters. The Labute approximate surface area is 72.2 Å². The minimum Gasteiger partial charge on any atom is -0.502 e. The van der Waals surface area contributed by atoms with Crippen LogP contribution in [0.3, 0.4) is 0 Å². The number of ether oxygens (including phenoxy) is 1. The molecule has 11 heavy (non-hydrogen) atoms. The number of hydrogen-bond acceptors (Lipinski definition) is 2. The van der Waals surface area contributed by atoms with Gasteiger partial charge in [-0.2, -0.15) is 0 Å². The van der Waals surface area contributed by atoms with Gasteiger partial charge in [0.05, 0.1) is 12.9 Å². The summed E-state index contributed by atoms with van der Waals surface area (Å²) in [5.74, 6) is 0. The maximum Gasteiger partial charge on any atom is 0.221 e. The minimum absolute atomic E-state index is 0.255. The smallest absolute Gasteiger partial charge is 0.221 e. The van der Waals surface area contributed by atoms with Gasteiger partial charge in [0.2, 0.25) is 5.24 Å². The summed E-state index contributed by atoms with van der Waals surface area (Å²) in [6.45, 7) is 4.09. The maximum atomic E-state index is 10.3. The van der Waals surface area contributed by atoms with Crippen molar-refractivity contribution in [2.45, 2.75) is 25.7 Å². The van der Waals surface area contributed by atoms with Gasteiger partial charge in [0.15, 0.2) is 0 Å². The average Bonchev–Trinajstić information content (AvgIpc) is 1.96. The zero-order chi connectivity index (χ0) is 8.53. The van der Waals surface area contributed by atoms with Crippen LogP contribution in [0.25, 0.3) is 0 Å². The molecule has 0 fully saturated rings. The molecule has 3 heteroatoms. The lowest BCUT2D eigenvalue weighted by Crippen LogP contribution is -1.90. The highest BCUT2D eigenvalue weighted by Crippen LogP contribution is 2.02. The van der Waals surface area contributed by atoms with Crippen molar-refractivity contribution in [2.24, 2.45) is 0 Å². The molecule has 0 aliphatic carbocycles. The minimum atomic E-state index is -0.255. The molecule has 0 bridgehead atoms. The van der Waals surface area contributed by atoms with E-state index in [1.165, 1.54) is 6.26 Å². The summed E-state index contributed by atoms with van der Waals surface area (Å²) in [6.07, 6.45) is 4.67. The first-order valence-corrected chi connectivity index (χ1v) is 4.06. The molecule has 64 valence electrons. The lowest BCUT2D eigenvalue weighted by atomic mass is 10.2. The standard InChI is InChI=1S/C8H13ClO2/c1-2-11-7-5-3-4-6-8(9)10/h2H,1,3-7H2. The van der Waals surface area contributed by atoms with Gasteiger partial charge >= 0.3 is 0 Å². The van der Waals surface area contributed by atoms with E-state index in [1.807, 2.05) is 0 Å². The van der Waals surface area contributed by atoms with Crippen LogP contribution in [0.2, 0.25) is 0 Å². The number of rotatable bonds is 7. The molecule has 0 aromatic heterocycles. The van der Waals surface area contributed by atoms with Crippen LogP contribution >= 0.6 is 11.6 Å². The van der Waals surface area contributed by atoms with Gasteiger partial charge in [-0.1, -0.05) is 6.58 Å². The Bertz CT molecular complexity index is 123. The predicted octanol–water partition coefficient (Wildman–Crippen LogP) is 2.47. The van der Waals surface area contributed by atoms with Crippen molar-refractivity contribution < 1.29 is 9.53 Å². The fraction of sp³-hybridized carbons (Fsp3) is 0.625. The zero-order valence-electron chi connectivity index (χ0n) is 6.51. The number of halogens is 1. The summed E-state index contributed by atoms with van der Waals surface area (Å²) in [6, 6.07) is 0. The second-order valence-electron chi connectivity index (χ2n) is 2.20. The van der Waals surface area contributed by atoms with Crippen molar-refractivity contribution >= 4 is 16.8 Å². The highest BCUT2D eigenvalue weighted by atomic mass is 35.5. The van der Waals surface area contributed by atoms with Crippen LogP contribution < -0.4 is 0 Å². The predicted molar refractivity (Wildman–Crippen MR) is 45.5 cm³/mol. The fourth-order valence-electron chi connectivity index (χ4n) is 0.709. The van der Waals surface area contributed by atoms with Crippen LogP contribution in [0, 0.1) is 0 Å². The molecule has 0 unspecified atom stereocenters. The third-order valence-corrected chi connectivity index (χ3v) is 1.44. The van der Waals surface area contributed by atoms with Crippen molar-refractivity contribution in [1.82, 2.24) is 0 Å². The highest BCUT2D eigenvalue weighted by molar-refractivity contribution is 6.63. The summed E-state index contributed by atoms with van der Waals surface area (Å²) >= 11 is 5.13. The first-order chi connectivity index (χ1) is 5.27. The van der Waals surface area contributed by atoms with Crippen molar-refractivity contribution in [3.05, 3.63) is 12.8 Å². The number of carbonyl (C=O) groups is 1. The Hall–Kier alpha value is -0.500. The van der Waals surface area contributed by atoms with Crippen LogP contribution in [-0.4, -0.2) is 11.8 Å². The summed E-state index contributed by atoms with van der Waals surface area (Å²) in [7, 11) is 0. The second kappa shape index (κ2) is 7.61. The van der Waals surface area contributed by atoms with Gasteiger partial charge in [0.1, 0.15) is 0 Å². The molecule has 0 aliphatic heterocycles. The first-order valence-electron chi connectivity index (χ1n) is 3.68. The number of unbranched alkanes of at least 4 members (excludes halogenated alkanes) is 2. The van der Waals surface area contributed by atoms with Gasteiger partial charge in [-0.15, -0.1) is 0 Å². The van der Waals surface area contributed by atoms with Crippen molar-refractivity contribution in [1.29, 1.82) is 0 Å². The molecule has 0 amide bonds. The fourth-order valence-corrected chi connectivity index (χ4v) is 0.843. The molecule has 0 saturated carbocycles. The molecule has 0 saturated heterocycles. The zero-order valence-corrected chi connectivity index (χ0v) is 7.27. The SMILES string of the molecule is C=COCCCCCC(=O)Cl. The third kappa shape index (κ3) is 9.50. The molecular weight excluding hydrogens is 164 g/mol. The Morgan fingerprint density at radius 1 is 1.45 bits per heavy atom. The van der Waals surface area contributed by atoms with Gasteiger partial charge in [0.25, 0.3) is 0 Å². The van der Waals surface area contributed by atoms with Crippen LogP contribution in [0.4, 0.5) is 0 Å². The van der Waals surface area contributed by atoms with Crippen LogP contribution in [-0.2, 0) is 9.53 Å². The Kier molecular flexibility index (Phi) is 7.26. The highest BCUT2D eigenvalue weighted by Gasteiger charge is 1.94. The Morgan fingerprint density at radius 3 is 2.73 bits per heavy atom. The van der Waals surface area contributed by atoms with Crippen molar-refractivity contribution in [3.63, 3.8) is 0 Å². The van der Waals surface area contributed by atoms with Gasteiger partial charge in [-0.05, 0) is 30.9 Å². The number of carbonyl (C=O) groups excluding carboxylic acids is 1. The lowest BCUT2D eigenvalue weighted by Gasteiger charge is -1.98. The molecule has 0 aromatic rings. The van der Waals surface area contributed by atoms with E-state index in [-0.39, 0.29) is 5.24 Å². The van der Waals surface area contributed by atoms with E-state index in [0.29, 0.717) is 13.0 Å². The average molecular weight is 177 g/mol. The summed E-state index contributed by atoms with van der Waals surface area (Å²) in [5.41, 5.74) is 0. The van der Waals surface area contributed by atoms with Crippen molar-refractivity contribution in [3.8, 4) is 0 Å². The summed E-state index contributed by atoms with van der Waals surface area (Å²) in [4.78, 5) is 10.3. The van der Waals surface area contributed by atoms with E-state index in [0.717, 1.165) is 19.3 Å². The van der Waals surface area contributed by atoms with Gasteiger partial charge in [-0.3, -0.25) is 4.79 Å². The normalized spacial score (nSPS) is 9.18. The van der Waals surface area contributed by atoms with Crippen LogP contribution in [0.15, 0.2) is 12.8 Å². The molecule has 0 aromatic carbocycles. The van der Waals surface area contributed by atoms with E-state index in [9.17, 15) is 4.79 Å². The molecule has 0 spiro atoms. The second-order valence-corrected chi connectivity index (χ2v) is 2.62. The topological polar surface area (TPSA) is 26.3 Å². The third-order valence-electron chi connectivity index (χ3n) is 1.25. The molecular formula is C8H13ClO2. The molecule has 2 nitrogen and oxygen atoms in total. The maximum absolute atomic E-state index is 10.3. The Balaban J connectivity index is 2.90. The summed E-state index contributed by atoms with van der Waals surface area (Å²) in [5, 5.41) is -0.255. The molecule has 0 radical (unpaired) electrons. The first kappa shape index (κ1) is 10.5.